The Bertz CT molecular complexity index is 358. The van der Waals surface area contributed by atoms with Crippen molar-refractivity contribution in [3.8, 4) is 5.75 Å². The van der Waals surface area contributed by atoms with Gasteiger partial charge in [-0.25, -0.2) is 0 Å². The van der Waals surface area contributed by atoms with E-state index in [1.54, 1.807) is 0 Å². The molecule has 0 fully saturated rings. The highest BCUT2D eigenvalue weighted by atomic mass is 16.5. The Hall–Kier alpha value is -1.66. The molecule has 0 saturated carbocycles. The van der Waals surface area contributed by atoms with E-state index < -0.39 is 0 Å². The zero-order valence-electron chi connectivity index (χ0n) is 9.56. The summed E-state index contributed by atoms with van der Waals surface area (Å²) in [5.74, 6) is -0.437. The maximum Gasteiger partial charge on any atom is 0.255 e. The maximum atomic E-state index is 11.6. The van der Waals surface area contributed by atoms with Crippen molar-refractivity contribution in [2.45, 2.75) is 6.42 Å². The van der Waals surface area contributed by atoms with Crippen LogP contribution in [0.4, 0.5) is 0 Å². The summed E-state index contributed by atoms with van der Waals surface area (Å²) in [5, 5.41) is 12.1. The molecule has 1 aromatic heterocycles. The Morgan fingerprint density at radius 1 is 1.53 bits per heavy atom. The molecular formula is C11H17N3O3. The van der Waals surface area contributed by atoms with Gasteiger partial charge in [0.25, 0.3) is 5.91 Å². The predicted octanol–water partition coefficient (Wildman–Crippen LogP) is -0.118. The Morgan fingerprint density at radius 3 is 3.06 bits per heavy atom. The molecule has 6 heteroatoms. The first kappa shape index (κ1) is 13.4. The molecule has 0 aliphatic rings. The zero-order valence-corrected chi connectivity index (χ0v) is 9.56. The average Bonchev–Trinajstić information content (AvgIpc) is 2.34. The van der Waals surface area contributed by atoms with Crippen molar-refractivity contribution in [3.63, 3.8) is 0 Å². The number of nitrogens with one attached hydrogen (secondary N) is 1. The highest BCUT2D eigenvalue weighted by molar-refractivity contribution is 5.96. The highest BCUT2D eigenvalue weighted by Crippen LogP contribution is 2.12. The molecule has 4 N–H and O–H groups in total. The number of aromatic hydroxyl groups is 1. The number of carbonyl (C=O) groups is 1. The zero-order chi connectivity index (χ0) is 12.5. The Kier molecular flexibility index (Phi) is 5.98. The number of ether oxygens (including phenoxy) is 1. The lowest BCUT2D eigenvalue weighted by atomic mass is 10.2. The molecule has 0 aliphatic carbocycles. The number of rotatable bonds is 7. The van der Waals surface area contributed by atoms with Crippen molar-refractivity contribution in [3.05, 3.63) is 24.0 Å². The molecule has 0 unspecified atom stereocenters. The van der Waals surface area contributed by atoms with Gasteiger partial charge >= 0.3 is 0 Å². The lowest BCUT2D eigenvalue weighted by Crippen LogP contribution is -2.25. The summed E-state index contributed by atoms with van der Waals surface area (Å²) in [6.45, 7) is 2.07. The second kappa shape index (κ2) is 7.59. The van der Waals surface area contributed by atoms with E-state index >= 15 is 0 Å². The fourth-order valence-corrected chi connectivity index (χ4v) is 1.23. The smallest absolute Gasteiger partial charge is 0.255 e. The fraction of sp³-hybridized carbons (Fsp3) is 0.455. The minimum Gasteiger partial charge on any atom is -0.505 e. The van der Waals surface area contributed by atoms with E-state index in [2.05, 4.69) is 10.3 Å². The van der Waals surface area contributed by atoms with E-state index in [4.69, 9.17) is 10.5 Å². The van der Waals surface area contributed by atoms with Crippen LogP contribution >= 0.6 is 0 Å². The van der Waals surface area contributed by atoms with Gasteiger partial charge < -0.3 is 20.9 Å². The second-order valence-electron chi connectivity index (χ2n) is 3.40. The van der Waals surface area contributed by atoms with Gasteiger partial charge in [0, 0.05) is 25.9 Å². The number of carbonyl (C=O) groups excluding carboxylic acids is 1. The van der Waals surface area contributed by atoms with Crippen LogP contribution in [0.25, 0.3) is 0 Å². The number of hydrogen-bond acceptors (Lipinski definition) is 5. The van der Waals surface area contributed by atoms with Crippen LogP contribution in [-0.4, -0.2) is 42.3 Å². The van der Waals surface area contributed by atoms with Gasteiger partial charge in [-0.3, -0.25) is 9.78 Å². The summed E-state index contributed by atoms with van der Waals surface area (Å²) in [4.78, 5) is 15.3. The van der Waals surface area contributed by atoms with Gasteiger partial charge in [-0.15, -0.1) is 0 Å². The van der Waals surface area contributed by atoms with Crippen LogP contribution in [0.1, 0.15) is 16.8 Å². The van der Waals surface area contributed by atoms with Crippen molar-refractivity contribution in [1.82, 2.24) is 10.3 Å². The molecular weight excluding hydrogens is 222 g/mol. The van der Waals surface area contributed by atoms with Crippen molar-refractivity contribution in [1.29, 1.82) is 0 Å². The van der Waals surface area contributed by atoms with E-state index in [1.807, 2.05) is 0 Å². The van der Waals surface area contributed by atoms with Crippen LogP contribution in [0.3, 0.4) is 0 Å². The molecule has 1 amide bonds. The van der Waals surface area contributed by atoms with Crippen LogP contribution in [-0.2, 0) is 4.74 Å². The first-order valence-electron chi connectivity index (χ1n) is 5.44. The minimum absolute atomic E-state index is 0.121. The molecule has 1 aromatic rings. The summed E-state index contributed by atoms with van der Waals surface area (Å²) < 4.78 is 5.16. The number of pyridine rings is 1. The summed E-state index contributed by atoms with van der Waals surface area (Å²) in [5.41, 5.74) is 5.48. The van der Waals surface area contributed by atoms with Crippen LogP contribution < -0.4 is 11.1 Å². The number of aromatic nitrogens is 1. The van der Waals surface area contributed by atoms with Crippen molar-refractivity contribution >= 4 is 5.91 Å². The molecule has 17 heavy (non-hydrogen) atoms. The number of hydrogen-bond donors (Lipinski definition) is 3. The van der Waals surface area contributed by atoms with E-state index in [-0.39, 0.29) is 17.2 Å². The Labute approximate surface area is 99.8 Å². The average molecular weight is 239 g/mol. The lowest BCUT2D eigenvalue weighted by molar-refractivity contribution is 0.0940. The van der Waals surface area contributed by atoms with E-state index in [0.29, 0.717) is 32.7 Å². The van der Waals surface area contributed by atoms with Gasteiger partial charge in [0.1, 0.15) is 5.75 Å². The molecule has 0 saturated heterocycles. The Balaban J connectivity index is 2.24. The lowest BCUT2D eigenvalue weighted by Gasteiger charge is -2.06. The first-order valence-corrected chi connectivity index (χ1v) is 5.44. The molecule has 0 aromatic carbocycles. The van der Waals surface area contributed by atoms with Crippen LogP contribution in [0, 0.1) is 0 Å². The normalized spacial score (nSPS) is 10.2. The predicted molar refractivity (Wildman–Crippen MR) is 62.7 cm³/mol. The molecule has 0 radical (unpaired) electrons. The summed E-state index contributed by atoms with van der Waals surface area (Å²) in [6.07, 6.45) is 3.40. The molecule has 0 spiro atoms. The highest BCUT2D eigenvalue weighted by Gasteiger charge is 2.09. The minimum atomic E-state index is -0.316. The van der Waals surface area contributed by atoms with E-state index in [9.17, 15) is 9.90 Å². The third-order valence-corrected chi connectivity index (χ3v) is 2.06. The maximum absolute atomic E-state index is 11.6. The Morgan fingerprint density at radius 2 is 2.35 bits per heavy atom. The van der Waals surface area contributed by atoms with Gasteiger partial charge in [-0.1, -0.05) is 0 Å². The third-order valence-electron chi connectivity index (χ3n) is 2.06. The van der Waals surface area contributed by atoms with E-state index in [0.717, 1.165) is 0 Å². The van der Waals surface area contributed by atoms with E-state index in [1.165, 1.54) is 18.5 Å². The first-order chi connectivity index (χ1) is 8.25. The number of nitrogens with zero attached hydrogens (tertiary/aromatic N) is 1. The molecule has 0 atom stereocenters. The van der Waals surface area contributed by atoms with Crippen molar-refractivity contribution in [2.75, 3.05) is 26.3 Å². The molecule has 1 rings (SSSR count). The summed E-state index contributed by atoms with van der Waals surface area (Å²) in [7, 11) is 0. The largest absolute Gasteiger partial charge is 0.505 e. The SMILES string of the molecule is NCCOCCCNC(=O)c1ccncc1O. The number of nitrogens with two attached hydrogens (primary N) is 1. The van der Waals surface area contributed by atoms with Gasteiger partial charge in [-0.05, 0) is 12.5 Å². The summed E-state index contributed by atoms with van der Waals surface area (Å²) >= 11 is 0. The molecule has 6 nitrogen and oxygen atoms in total. The summed E-state index contributed by atoms with van der Waals surface area (Å²) in [6, 6.07) is 1.47. The van der Waals surface area contributed by atoms with Crippen LogP contribution in [0.15, 0.2) is 18.5 Å². The van der Waals surface area contributed by atoms with Crippen molar-refractivity contribution in [2.24, 2.45) is 5.73 Å². The molecule has 0 bridgehead atoms. The van der Waals surface area contributed by atoms with Gasteiger partial charge in [0.15, 0.2) is 0 Å². The topological polar surface area (TPSA) is 97.5 Å². The molecule has 0 aliphatic heterocycles. The molecule has 94 valence electrons. The fourth-order valence-electron chi connectivity index (χ4n) is 1.23. The monoisotopic (exact) mass is 239 g/mol. The molecule has 1 heterocycles. The van der Waals surface area contributed by atoms with Crippen LogP contribution in [0.5, 0.6) is 5.75 Å². The van der Waals surface area contributed by atoms with Gasteiger partial charge in [0.05, 0.1) is 18.4 Å². The van der Waals surface area contributed by atoms with Crippen LogP contribution in [0.2, 0.25) is 0 Å². The second-order valence-corrected chi connectivity index (χ2v) is 3.40. The van der Waals surface area contributed by atoms with Crippen molar-refractivity contribution < 1.29 is 14.6 Å². The standard InChI is InChI=1S/C11H17N3O3/c12-3-7-17-6-1-4-14-11(16)9-2-5-13-8-10(9)15/h2,5,8,15H,1,3-4,6-7,12H2,(H,14,16). The quantitative estimate of drug-likeness (QED) is 0.576. The van der Waals surface area contributed by atoms with Gasteiger partial charge in [-0.2, -0.15) is 0 Å². The van der Waals surface area contributed by atoms with Gasteiger partial charge in [0.2, 0.25) is 0 Å². The number of amides is 1. The third kappa shape index (κ3) is 4.80.